The molecule has 0 saturated carbocycles. The fraction of sp³-hybridized carbons (Fsp3) is 0.333. The van der Waals surface area contributed by atoms with Crippen LogP contribution < -0.4 is 0 Å². The predicted octanol–water partition coefficient (Wildman–Crippen LogP) is 0.190. The number of ether oxygens (including phenoxy) is 1. The quantitative estimate of drug-likeness (QED) is 0.456. The van der Waals surface area contributed by atoms with Crippen molar-refractivity contribution in [3.8, 4) is 0 Å². The van der Waals surface area contributed by atoms with E-state index >= 15 is 0 Å². The van der Waals surface area contributed by atoms with Gasteiger partial charge in [0.15, 0.2) is 0 Å². The molecule has 0 aromatic rings. The zero-order valence-electron chi connectivity index (χ0n) is 7.38. The maximum atomic E-state index is 10.6. The van der Waals surface area contributed by atoms with Crippen molar-refractivity contribution in [2.24, 2.45) is 0 Å². The van der Waals surface area contributed by atoms with Crippen LogP contribution in [-0.2, 0) is 14.3 Å². The maximum absolute atomic E-state index is 10.6. The van der Waals surface area contributed by atoms with Crippen LogP contribution in [0, 0.1) is 0 Å². The van der Waals surface area contributed by atoms with E-state index in [9.17, 15) is 9.59 Å². The summed E-state index contributed by atoms with van der Waals surface area (Å²) in [6.45, 7) is 1.57. The van der Waals surface area contributed by atoms with E-state index in [1.807, 2.05) is 0 Å². The Morgan fingerprint density at radius 1 is 1.70 bits per heavy atom. The molecule has 0 saturated heterocycles. The molecule has 0 aliphatic rings. The molecule has 1 N–H and O–H groups in total. The molecule has 0 aliphatic carbocycles. The van der Waals surface area contributed by atoms with E-state index in [0.717, 1.165) is 0 Å². The van der Waals surface area contributed by atoms with Gasteiger partial charge in [0.1, 0.15) is 0 Å². The lowest BCUT2D eigenvalue weighted by Gasteiger charge is -1.92. The summed E-state index contributed by atoms with van der Waals surface area (Å²) < 4.78 is 17.9. The van der Waals surface area contributed by atoms with Crippen LogP contribution in [0.1, 0.15) is 9.67 Å². The fourth-order valence-corrected chi connectivity index (χ4v) is 0.272. The molecule has 0 atom stereocenters. The van der Waals surface area contributed by atoms with Gasteiger partial charge in [-0.25, -0.2) is 9.59 Å². The van der Waals surface area contributed by atoms with Crippen molar-refractivity contribution in [3.05, 3.63) is 12.1 Å². The summed E-state index contributed by atoms with van der Waals surface area (Å²) in [5, 5.41) is 8.20. The van der Waals surface area contributed by atoms with E-state index in [2.05, 4.69) is 4.74 Å². The number of carboxylic acid groups (broad SMARTS) is 1. The topological polar surface area (TPSA) is 63.6 Å². The van der Waals surface area contributed by atoms with Crippen LogP contribution in [0.25, 0.3) is 0 Å². The first-order chi connectivity index (χ1) is 5.50. The van der Waals surface area contributed by atoms with Crippen molar-refractivity contribution in [1.29, 1.82) is 0 Å². The van der Waals surface area contributed by atoms with Gasteiger partial charge in [0.25, 0.3) is 0 Å². The highest BCUT2D eigenvalue weighted by molar-refractivity contribution is 5.90. The van der Waals surface area contributed by atoms with Gasteiger partial charge < -0.3 is 9.84 Å². The molecule has 56 valence electrons. The van der Waals surface area contributed by atoms with E-state index in [0.29, 0.717) is 0 Å². The van der Waals surface area contributed by atoms with Gasteiger partial charge in [-0.2, -0.15) is 0 Å². The molecule has 0 aromatic carbocycles. The Morgan fingerprint density at radius 3 is 2.70 bits per heavy atom. The predicted molar refractivity (Wildman–Crippen MR) is 33.4 cm³/mol. The molecular formula is C6H8O4. The molecule has 0 fully saturated rings. The lowest BCUT2D eigenvalue weighted by Crippen LogP contribution is -2.00. The second-order valence-electron chi connectivity index (χ2n) is 1.28. The highest BCUT2D eigenvalue weighted by atomic mass is 16.5. The van der Waals surface area contributed by atoms with Crippen molar-refractivity contribution in [2.75, 3.05) is 6.61 Å². The zero-order valence-corrected chi connectivity index (χ0v) is 5.38. The Bertz CT molecular complexity index is 234. The molecular weight excluding hydrogens is 136 g/mol. The highest BCUT2D eigenvalue weighted by Gasteiger charge is 1.94. The molecule has 0 rings (SSSR count). The third kappa shape index (κ3) is 4.83. The minimum Gasteiger partial charge on any atom is -0.478 e. The zero-order chi connectivity index (χ0) is 9.72. The van der Waals surface area contributed by atoms with Crippen LogP contribution in [0.15, 0.2) is 12.1 Å². The Hall–Kier alpha value is -1.32. The fourth-order valence-electron chi connectivity index (χ4n) is 0.272. The smallest absolute Gasteiger partial charge is 0.330 e. The van der Waals surface area contributed by atoms with Gasteiger partial charge in [0.05, 0.1) is 9.35 Å². The average Bonchev–Trinajstić information content (AvgIpc) is 2.02. The molecule has 10 heavy (non-hydrogen) atoms. The van der Waals surface area contributed by atoms with Crippen LogP contribution in [0.5, 0.6) is 0 Å². The summed E-state index contributed by atoms with van der Waals surface area (Å²) in [7, 11) is 0. The number of carbonyl (C=O) groups is 2. The summed E-state index contributed by atoms with van der Waals surface area (Å²) in [5.41, 5.74) is 0. The van der Waals surface area contributed by atoms with Crippen molar-refractivity contribution < 1.29 is 22.2 Å². The lowest BCUT2D eigenvalue weighted by molar-refractivity contribution is -0.138. The second-order valence-corrected chi connectivity index (χ2v) is 1.28. The van der Waals surface area contributed by atoms with Gasteiger partial charge in [-0.1, -0.05) is 0 Å². The van der Waals surface area contributed by atoms with Crippen molar-refractivity contribution in [1.82, 2.24) is 0 Å². The SMILES string of the molecule is [2H]/C(C(=O)O)=C(/[2H])C(=O)OCC. The minimum atomic E-state index is -1.62. The third-order valence-corrected chi connectivity index (χ3v) is 0.547. The number of carbonyl (C=O) groups excluding carboxylic acids is 1. The molecule has 0 aliphatic heterocycles. The first-order valence-electron chi connectivity index (χ1n) is 3.58. The van der Waals surface area contributed by atoms with Crippen LogP contribution in [-0.4, -0.2) is 23.7 Å². The van der Waals surface area contributed by atoms with Crippen molar-refractivity contribution in [3.63, 3.8) is 0 Å². The Labute approximate surface area is 60.9 Å². The molecule has 0 heterocycles. The van der Waals surface area contributed by atoms with E-state index in [-0.39, 0.29) is 6.61 Å². The van der Waals surface area contributed by atoms with Crippen LogP contribution in [0.3, 0.4) is 0 Å². The molecule has 4 heteroatoms. The van der Waals surface area contributed by atoms with Gasteiger partial charge in [0, 0.05) is 12.1 Å². The third-order valence-electron chi connectivity index (χ3n) is 0.547. The summed E-state index contributed by atoms with van der Waals surface area (Å²) in [6, 6.07) is -2.00. The second kappa shape index (κ2) is 4.55. The monoisotopic (exact) mass is 146 g/mol. The standard InChI is InChI=1S/C6H8O4/c1-2-10-6(9)4-3-5(7)8/h3-4H,2H2,1H3,(H,7,8)/b4-3+/i3D,4D. The van der Waals surface area contributed by atoms with Crippen LogP contribution >= 0.6 is 0 Å². The Kier molecular flexibility index (Phi) is 2.49. The highest BCUT2D eigenvalue weighted by Crippen LogP contribution is 1.80. The van der Waals surface area contributed by atoms with E-state index in [1.54, 1.807) is 0 Å². The van der Waals surface area contributed by atoms with Gasteiger partial charge in [-0.05, 0) is 6.92 Å². The van der Waals surface area contributed by atoms with Crippen molar-refractivity contribution in [2.45, 2.75) is 6.92 Å². The number of carboxylic acids is 1. The number of hydrogen-bond donors (Lipinski definition) is 1. The first kappa shape index (κ1) is 5.46. The van der Waals surface area contributed by atoms with Gasteiger partial charge in [0.2, 0.25) is 0 Å². The lowest BCUT2D eigenvalue weighted by atomic mass is 10.5. The normalized spacial score (nSPS) is 14.5. The van der Waals surface area contributed by atoms with Crippen LogP contribution in [0.2, 0.25) is 0 Å². The van der Waals surface area contributed by atoms with Gasteiger partial charge in [-0.3, -0.25) is 0 Å². The molecule has 0 bridgehead atoms. The molecule has 0 aromatic heterocycles. The largest absolute Gasteiger partial charge is 0.478 e. The molecule has 0 amide bonds. The van der Waals surface area contributed by atoms with Gasteiger partial charge in [-0.15, -0.1) is 0 Å². The summed E-state index contributed by atoms with van der Waals surface area (Å²) >= 11 is 0. The number of esters is 1. The number of hydrogen-bond acceptors (Lipinski definition) is 3. The van der Waals surface area contributed by atoms with Crippen molar-refractivity contribution >= 4 is 11.9 Å². The van der Waals surface area contributed by atoms with Crippen LogP contribution in [0.4, 0.5) is 0 Å². The maximum Gasteiger partial charge on any atom is 0.330 e. The molecule has 0 spiro atoms. The Morgan fingerprint density at radius 2 is 2.30 bits per heavy atom. The van der Waals surface area contributed by atoms with Gasteiger partial charge >= 0.3 is 11.9 Å². The minimum absolute atomic E-state index is 0.0497. The first-order valence-corrected chi connectivity index (χ1v) is 2.58. The van der Waals surface area contributed by atoms with E-state index < -0.39 is 24.0 Å². The summed E-state index contributed by atoms with van der Waals surface area (Å²) in [6.07, 6.45) is 0. The molecule has 0 radical (unpaired) electrons. The molecule has 4 nitrogen and oxygen atoms in total. The average molecular weight is 146 g/mol. The van der Waals surface area contributed by atoms with E-state index in [1.165, 1.54) is 6.92 Å². The van der Waals surface area contributed by atoms with E-state index in [4.69, 9.17) is 7.85 Å². The summed E-state index contributed by atoms with van der Waals surface area (Å²) in [5.74, 6) is -2.71. The number of aliphatic carboxylic acids is 1. The Balaban J connectivity index is 4.55. The summed E-state index contributed by atoms with van der Waals surface area (Å²) in [4.78, 5) is 20.7. The molecule has 0 unspecified atom stereocenters. The number of rotatable bonds is 3.